The van der Waals surface area contributed by atoms with E-state index in [9.17, 15) is 8.42 Å². The molecule has 1 aromatic rings. The molecule has 0 fully saturated rings. The molecule has 9 heteroatoms. The van der Waals surface area contributed by atoms with Gasteiger partial charge < -0.3 is 4.98 Å². The number of aromatic amines is 1. The number of H-pyrrole nitrogens is 1. The Kier molecular flexibility index (Phi) is 27.5. The van der Waals surface area contributed by atoms with Gasteiger partial charge in [0.1, 0.15) is 0 Å². The first-order valence-electron chi connectivity index (χ1n) is 8.11. The van der Waals surface area contributed by atoms with Crippen LogP contribution in [0, 0.1) is 0 Å². The molecular weight excluding hydrogens is 350 g/mol. The van der Waals surface area contributed by atoms with Crippen molar-refractivity contribution in [3.05, 3.63) is 18.7 Å². The molecule has 0 saturated carbocycles. The number of hydrogen-bond acceptors (Lipinski definition) is 4. The van der Waals surface area contributed by atoms with Crippen molar-refractivity contribution in [1.82, 2.24) is 9.97 Å². The molecule has 0 unspecified atom stereocenters. The van der Waals surface area contributed by atoms with Gasteiger partial charge in [-0.3, -0.25) is 4.55 Å². The van der Waals surface area contributed by atoms with Gasteiger partial charge in [0.25, 0.3) is 0 Å². The number of nitrogens with zero attached hydrogens (tertiary/aromatic N) is 1. The number of rotatable bonds is 12. The fraction of sp³-hybridized carbons (Fsp3) is 0.800. The number of unbranched alkanes of at least 4 members (excludes halogenated alkanes) is 9. The van der Waals surface area contributed by atoms with Gasteiger partial charge in [0.15, 0.2) is 0 Å². The van der Waals surface area contributed by atoms with E-state index in [1.165, 1.54) is 44.9 Å². The summed E-state index contributed by atoms with van der Waals surface area (Å²) in [7, 11) is -4.23. The van der Waals surface area contributed by atoms with Gasteiger partial charge >= 0.3 is 69.5 Å². The molecule has 2 N–H and O–H groups in total. The van der Waals surface area contributed by atoms with Crippen LogP contribution in [-0.4, -0.2) is 88.7 Å². The monoisotopic (exact) mass is 382 g/mol. The third kappa shape index (κ3) is 27.9. The zero-order valence-electron chi connectivity index (χ0n) is 13.5. The standard InChI is InChI=1S/C12H26O4S.C3H4N2.2Na.2H/c1-2-3-4-5-6-7-8-9-10-11-12-16-17(13,14)15;1-2-5-3-4-1;;;;/h2-12H2,1H3,(H,13,14,15);1-3H,(H,4,5);;;;. The van der Waals surface area contributed by atoms with Crippen molar-refractivity contribution in [1.29, 1.82) is 0 Å². The van der Waals surface area contributed by atoms with Crippen molar-refractivity contribution < 1.29 is 17.2 Å². The SMILES string of the molecule is CCCCCCCCCCCCOS(=O)(=O)O.[NaH].[NaH].c1c[nH]cn1. The second-order valence-electron chi connectivity index (χ2n) is 5.19. The smallest absolute Gasteiger partial charge is 0.0919 e. The topological polar surface area (TPSA) is 92.3 Å². The van der Waals surface area contributed by atoms with E-state index < -0.39 is 10.4 Å². The average Bonchev–Trinajstić information content (AvgIpc) is 3.03. The van der Waals surface area contributed by atoms with Gasteiger partial charge in [0.05, 0.1) is 12.9 Å². The average molecular weight is 382 g/mol. The van der Waals surface area contributed by atoms with Gasteiger partial charge in [-0.1, -0.05) is 64.7 Å². The molecule has 0 saturated heterocycles. The molecule has 0 aliphatic heterocycles. The molecule has 0 amide bonds. The summed E-state index contributed by atoms with van der Waals surface area (Å²) >= 11 is 0. The maximum Gasteiger partial charge on any atom is 0.0919 e. The maximum atomic E-state index is 10.2. The Labute approximate surface area is 191 Å². The minimum Gasteiger partial charge on any atom is -0.351 e. The first kappa shape index (κ1) is 29.8. The summed E-state index contributed by atoms with van der Waals surface area (Å²) in [6.45, 7) is 2.31. The van der Waals surface area contributed by atoms with Gasteiger partial charge in [-0.05, 0) is 6.42 Å². The van der Waals surface area contributed by atoms with Gasteiger partial charge in [-0.15, -0.1) is 0 Å². The quantitative estimate of drug-likeness (QED) is 0.329. The third-order valence-corrected chi connectivity index (χ3v) is 3.60. The van der Waals surface area contributed by atoms with E-state index in [4.69, 9.17) is 4.55 Å². The summed E-state index contributed by atoms with van der Waals surface area (Å²) in [5, 5.41) is 0. The Hall–Kier alpha value is 1.08. The van der Waals surface area contributed by atoms with Crippen LogP contribution in [0.25, 0.3) is 0 Å². The molecule has 0 radical (unpaired) electrons. The summed E-state index contributed by atoms with van der Waals surface area (Å²) in [6, 6.07) is 0. The minimum absolute atomic E-state index is 0. The van der Waals surface area contributed by atoms with Crippen LogP contribution >= 0.6 is 0 Å². The van der Waals surface area contributed by atoms with Gasteiger partial charge in [0, 0.05) is 12.4 Å². The zero-order valence-corrected chi connectivity index (χ0v) is 14.4. The van der Waals surface area contributed by atoms with Crippen LogP contribution in [0.1, 0.15) is 71.1 Å². The number of aromatic nitrogens is 2. The van der Waals surface area contributed by atoms with Crippen LogP contribution < -0.4 is 0 Å². The van der Waals surface area contributed by atoms with E-state index in [0.717, 1.165) is 12.8 Å². The molecule has 0 aliphatic carbocycles. The zero-order chi connectivity index (χ0) is 16.5. The maximum absolute atomic E-state index is 10.2. The molecule has 134 valence electrons. The second-order valence-corrected chi connectivity index (χ2v) is 6.28. The molecule has 1 aromatic heterocycles. The summed E-state index contributed by atoms with van der Waals surface area (Å²) in [5.41, 5.74) is 0. The van der Waals surface area contributed by atoms with Crippen molar-refractivity contribution in [2.45, 2.75) is 71.1 Å². The first-order valence-corrected chi connectivity index (χ1v) is 9.47. The Morgan fingerprint density at radius 1 is 0.958 bits per heavy atom. The molecule has 1 heterocycles. The van der Waals surface area contributed by atoms with Crippen LogP contribution in [0.4, 0.5) is 0 Å². The van der Waals surface area contributed by atoms with Gasteiger partial charge in [0.2, 0.25) is 0 Å². The molecule has 0 bridgehead atoms. The molecule has 6 nitrogen and oxygen atoms in total. The van der Waals surface area contributed by atoms with Crippen LogP contribution in [0.5, 0.6) is 0 Å². The molecule has 0 aliphatic rings. The van der Waals surface area contributed by atoms with E-state index in [0.29, 0.717) is 6.42 Å². The normalized spacial score (nSPS) is 10.1. The molecule has 0 atom stereocenters. The number of hydrogen-bond donors (Lipinski definition) is 2. The number of nitrogens with one attached hydrogen (secondary N) is 1. The molecular formula is C15H32N2Na2O4S. The third-order valence-electron chi connectivity index (χ3n) is 3.14. The van der Waals surface area contributed by atoms with Gasteiger partial charge in [-0.2, -0.15) is 8.42 Å². The van der Waals surface area contributed by atoms with Crippen molar-refractivity contribution in [2.24, 2.45) is 0 Å². The van der Waals surface area contributed by atoms with E-state index in [-0.39, 0.29) is 65.7 Å². The van der Waals surface area contributed by atoms with Crippen molar-refractivity contribution >= 4 is 69.5 Å². The molecule has 0 aromatic carbocycles. The predicted octanol–water partition coefficient (Wildman–Crippen LogP) is 2.84. The second kappa shape index (κ2) is 22.1. The minimum atomic E-state index is -4.23. The first-order chi connectivity index (χ1) is 10.6. The van der Waals surface area contributed by atoms with Crippen molar-refractivity contribution in [3.8, 4) is 0 Å². The Balaban J connectivity index is -0.000000535. The Morgan fingerprint density at radius 3 is 1.79 bits per heavy atom. The Bertz CT molecular complexity index is 400. The van der Waals surface area contributed by atoms with E-state index in [1.54, 1.807) is 18.7 Å². The molecule has 24 heavy (non-hydrogen) atoms. The fourth-order valence-electron chi connectivity index (χ4n) is 1.97. The van der Waals surface area contributed by atoms with E-state index in [2.05, 4.69) is 21.1 Å². The van der Waals surface area contributed by atoms with Crippen LogP contribution in [0.15, 0.2) is 18.7 Å². The van der Waals surface area contributed by atoms with Crippen molar-refractivity contribution in [3.63, 3.8) is 0 Å². The molecule has 1 rings (SSSR count). The summed E-state index contributed by atoms with van der Waals surface area (Å²) < 4.78 is 33.0. The van der Waals surface area contributed by atoms with Crippen LogP contribution in [0.2, 0.25) is 0 Å². The summed E-state index contributed by atoms with van der Waals surface area (Å²) in [5.74, 6) is 0. The van der Waals surface area contributed by atoms with Crippen LogP contribution in [0.3, 0.4) is 0 Å². The van der Waals surface area contributed by atoms with E-state index >= 15 is 0 Å². The Morgan fingerprint density at radius 2 is 1.46 bits per heavy atom. The van der Waals surface area contributed by atoms with Crippen molar-refractivity contribution in [2.75, 3.05) is 6.61 Å². The fourth-order valence-corrected chi connectivity index (χ4v) is 2.30. The molecule has 0 spiro atoms. The predicted molar refractivity (Wildman–Crippen MR) is 102 cm³/mol. The van der Waals surface area contributed by atoms with Crippen LogP contribution in [-0.2, 0) is 14.6 Å². The van der Waals surface area contributed by atoms with Gasteiger partial charge in [-0.25, -0.2) is 9.17 Å². The largest absolute Gasteiger partial charge is 0.351 e. The number of imidazole rings is 1. The van der Waals surface area contributed by atoms with E-state index in [1.807, 2.05) is 0 Å². The summed E-state index contributed by atoms with van der Waals surface area (Å²) in [4.78, 5) is 6.42. The summed E-state index contributed by atoms with van der Waals surface area (Å²) in [6.07, 6.45) is 16.9.